The molecule has 108 valence electrons. The zero-order chi connectivity index (χ0) is 15.6. The molecule has 2 aromatic carbocycles. The van der Waals surface area contributed by atoms with Gasteiger partial charge in [-0.25, -0.2) is 4.39 Å². The number of nitrogens with zero attached hydrogens (tertiary/aromatic N) is 1. The van der Waals surface area contributed by atoms with Gasteiger partial charge in [0.1, 0.15) is 11.5 Å². The molecule has 0 aliphatic heterocycles. The maximum atomic E-state index is 13.2. The summed E-state index contributed by atoms with van der Waals surface area (Å²) in [6, 6.07) is 7.68. The van der Waals surface area contributed by atoms with E-state index in [0.717, 1.165) is 6.07 Å². The number of carbonyl (C=O) groups excluding carboxylic acids is 1. The summed E-state index contributed by atoms with van der Waals surface area (Å²) in [5.74, 6) is -1.19. The number of nitrogen functional groups attached to an aromatic ring is 1. The van der Waals surface area contributed by atoms with Crippen LogP contribution in [0.2, 0.25) is 0 Å². The lowest BCUT2D eigenvalue weighted by Crippen LogP contribution is -2.15. The molecule has 0 unspecified atom stereocenters. The maximum absolute atomic E-state index is 13.2. The first-order chi connectivity index (χ1) is 9.90. The van der Waals surface area contributed by atoms with Crippen molar-refractivity contribution >= 4 is 38.9 Å². The zero-order valence-electron chi connectivity index (χ0n) is 10.5. The number of rotatable bonds is 3. The molecule has 8 heteroatoms. The molecule has 1 amide bonds. The summed E-state index contributed by atoms with van der Waals surface area (Å²) in [5.41, 5.74) is 5.16. The van der Waals surface area contributed by atoms with Crippen molar-refractivity contribution in [3.8, 4) is 0 Å². The van der Waals surface area contributed by atoms with Crippen LogP contribution >= 0.6 is 15.9 Å². The fourth-order valence-corrected chi connectivity index (χ4v) is 2.04. The third-order valence-electron chi connectivity index (χ3n) is 2.70. The molecule has 3 N–H and O–H groups in total. The predicted molar refractivity (Wildman–Crippen MR) is 79.6 cm³/mol. The van der Waals surface area contributed by atoms with E-state index in [1.54, 1.807) is 0 Å². The van der Waals surface area contributed by atoms with E-state index in [2.05, 4.69) is 21.2 Å². The lowest BCUT2D eigenvalue weighted by Gasteiger charge is -2.09. The van der Waals surface area contributed by atoms with Crippen molar-refractivity contribution in [2.24, 2.45) is 0 Å². The van der Waals surface area contributed by atoms with Gasteiger partial charge in [-0.15, -0.1) is 0 Å². The first-order valence-corrected chi connectivity index (χ1v) is 6.48. The molecule has 2 rings (SSSR count). The SMILES string of the molecule is Nc1c(C(=O)Nc2cc(F)ccc2Br)cccc1[N+](=O)[O-]. The van der Waals surface area contributed by atoms with Crippen molar-refractivity contribution in [1.82, 2.24) is 0 Å². The fraction of sp³-hybridized carbons (Fsp3) is 0. The van der Waals surface area contributed by atoms with Crippen LogP contribution in [0.4, 0.5) is 21.5 Å². The number of hydrogen-bond donors (Lipinski definition) is 2. The van der Waals surface area contributed by atoms with Gasteiger partial charge in [0.2, 0.25) is 0 Å². The molecule has 0 radical (unpaired) electrons. The Hall–Kier alpha value is -2.48. The average molecular weight is 354 g/mol. The average Bonchev–Trinajstić information content (AvgIpc) is 2.42. The topological polar surface area (TPSA) is 98.3 Å². The summed E-state index contributed by atoms with van der Waals surface area (Å²) < 4.78 is 13.6. The maximum Gasteiger partial charge on any atom is 0.292 e. The number of benzene rings is 2. The standard InChI is InChI=1S/C13H9BrFN3O3/c14-9-5-4-7(15)6-10(9)17-13(19)8-2-1-3-11(12(8)16)18(20)21/h1-6H,16H2,(H,17,19). The molecule has 0 fully saturated rings. The molecule has 0 aliphatic carbocycles. The van der Waals surface area contributed by atoms with Gasteiger partial charge in [0, 0.05) is 10.5 Å². The third kappa shape index (κ3) is 3.16. The summed E-state index contributed by atoms with van der Waals surface area (Å²) >= 11 is 3.17. The molecule has 0 bridgehead atoms. The number of carbonyl (C=O) groups is 1. The van der Waals surface area contributed by atoms with Crippen molar-refractivity contribution in [1.29, 1.82) is 0 Å². The van der Waals surface area contributed by atoms with E-state index in [1.165, 1.54) is 30.3 Å². The van der Waals surface area contributed by atoms with E-state index in [0.29, 0.717) is 4.47 Å². The molecule has 21 heavy (non-hydrogen) atoms. The van der Waals surface area contributed by atoms with Crippen LogP contribution in [0.3, 0.4) is 0 Å². The Balaban J connectivity index is 2.35. The van der Waals surface area contributed by atoms with Crippen molar-refractivity contribution in [2.75, 3.05) is 11.1 Å². The highest BCUT2D eigenvalue weighted by Gasteiger charge is 2.19. The van der Waals surface area contributed by atoms with Gasteiger partial charge in [-0.1, -0.05) is 6.07 Å². The highest BCUT2D eigenvalue weighted by molar-refractivity contribution is 9.10. The van der Waals surface area contributed by atoms with Crippen LogP contribution in [0.25, 0.3) is 0 Å². The van der Waals surface area contributed by atoms with Crippen molar-refractivity contribution in [2.45, 2.75) is 0 Å². The van der Waals surface area contributed by atoms with Crippen molar-refractivity contribution in [3.63, 3.8) is 0 Å². The number of halogens is 2. The van der Waals surface area contributed by atoms with Crippen LogP contribution in [0, 0.1) is 15.9 Å². The van der Waals surface area contributed by atoms with Gasteiger partial charge in [-0.3, -0.25) is 14.9 Å². The molecule has 0 aliphatic rings. The normalized spacial score (nSPS) is 10.2. The number of nitrogens with one attached hydrogen (secondary N) is 1. The highest BCUT2D eigenvalue weighted by Crippen LogP contribution is 2.27. The monoisotopic (exact) mass is 353 g/mol. The van der Waals surface area contributed by atoms with E-state index in [4.69, 9.17) is 5.73 Å². The second-order valence-electron chi connectivity index (χ2n) is 4.07. The molecule has 0 aromatic heterocycles. The van der Waals surface area contributed by atoms with Gasteiger partial charge in [0.25, 0.3) is 11.6 Å². The Morgan fingerprint density at radius 2 is 2.05 bits per heavy atom. The van der Waals surface area contributed by atoms with E-state index in [-0.39, 0.29) is 22.6 Å². The van der Waals surface area contributed by atoms with E-state index in [1.807, 2.05) is 0 Å². The van der Waals surface area contributed by atoms with Gasteiger partial charge >= 0.3 is 0 Å². The molecule has 0 saturated heterocycles. The van der Waals surface area contributed by atoms with Crippen LogP contribution in [0.5, 0.6) is 0 Å². The summed E-state index contributed by atoms with van der Waals surface area (Å²) in [6.07, 6.45) is 0. The zero-order valence-corrected chi connectivity index (χ0v) is 12.1. The Labute approximate surface area is 127 Å². The van der Waals surface area contributed by atoms with Crippen LogP contribution in [0.1, 0.15) is 10.4 Å². The molecule has 2 aromatic rings. The van der Waals surface area contributed by atoms with Gasteiger partial charge < -0.3 is 11.1 Å². The molecular formula is C13H9BrFN3O3. The molecule has 0 saturated carbocycles. The predicted octanol–water partition coefficient (Wildman–Crippen LogP) is 3.33. The number of nitro benzene ring substituents is 1. The Bertz CT molecular complexity index is 737. The Morgan fingerprint density at radius 1 is 1.33 bits per heavy atom. The summed E-state index contributed by atoms with van der Waals surface area (Å²) in [4.78, 5) is 22.2. The minimum atomic E-state index is -0.676. The Morgan fingerprint density at radius 3 is 2.71 bits per heavy atom. The number of para-hydroxylation sites is 1. The Kier molecular flexibility index (Phi) is 4.18. The van der Waals surface area contributed by atoms with Gasteiger partial charge in [-0.2, -0.15) is 0 Å². The van der Waals surface area contributed by atoms with Gasteiger partial charge in [0.05, 0.1) is 16.2 Å². The van der Waals surface area contributed by atoms with E-state index in [9.17, 15) is 19.3 Å². The van der Waals surface area contributed by atoms with E-state index < -0.39 is 16.6 Å². The third-order valence-corrected chi connectivity index (χ3v) is 3.39. The number of anilines is 2. The minimum absolute atomic E-state index is 0.0552. The van der Waals surface area contributed by atoms with Crippen LogP contribution in [-0.4, -0.2) is 10.8 Å². The summed E-state index contributed by atoms with van der Waals surface area (Å²) in [6.45, 7) is 0. The molecule has 0 spiro atoms. The van der Waals surface area contributed by atoms with Gasteiger partial charge in [-0.05, 0) is 40.2 Å². The minimum Gasteiger partial charge on any atom is -0.393 e. The lowest BCUT2D eigenvalue weighted by molar-refractivity contribution is -0.383. The summed E-state index contributed by atoms with van der Waals surface area (Å²) in [5, 5.41) is 13.2. The van der Waals surface area contributed by atoms with Crippen molar-refractivity contribution < 1.29 is 14.1 Å². The van der Waals surface area contributed by atoms with Crippen molar-refractivity contribution in [3.05, 3.63) is 62.4 Å². The first-order valence-electron chi connectivity index (χ1n) is 5.69. The van der Waals surface area contributed by atoms with Crippen LogP contribution in [-0.2, 0) is 0 Å². The fourth-order valence-electron chi connectivity index (χ4n) is 1.69. The molecule has 0 heterocycles. The lowest BCUT2D eigenvalue weighted by atomic mass is 10.1. The number of amides is 1. The largest absolute Gasteiger partial charge is 0.393 e. The quantitative estimate of drug-likeness (QED) is 0.502. The molecular weight excluding hydrogens is 345 g/mol. The smallest absolute Gasteiger partial charge is 0.292 e. The number of nitro groups is 1. The summed E-state index contributed by atoms with van der Waals surface area (Å²) in [7, 11) is 0. The van der Waals surface area contributed by atoms with E-state index >= 15 is 0 Å². The first kappa shape index (κ1) is 14.9. The van der Waals surface area contributed by atoms with Crippen LogP contribution in [0.15, 0.2) is 40.9 Å². The second kappa shape index (κ2) is 5.88. The van der Waals surface area contributed by atoms with Crippen LogP contribution < -0.4 is 11.1 Å². The molecule has 6 nitrogen and oxygen atoms in total. The number of hydrogen-bond acceptors (Lipinski definition) is 4. The molecule has 0 atom stereocenters. The second-order valence-corrected chi connectivity index (χ2v) is 4.93. The van der Waals surface area contributed by atoms with Gasteiger partial charge in [0.15, 0.2) is 0 Å². The highest BCUT2D eigenvalue weighted by atomic mass is 79.9. The number of nitrogens with two attached hydrogens (primary N) is 1.